The molecule has 0 radical (unpaired) electrons. The smallest absolute Gasteiger partial charge is 0.748 e. The molecule has 0 aliphatic rings. The molecule has 2 unspecified atom stereocenters. The predicted octanol–water partition coefficient (Wildman–Crippen LogP) is 3.33. The largest absolute Gasteiger partial charge is 1.00 e. The summed E-state index contributed by atoms with van der Waals surface area (Å²) in [6.45, 7) is 3.65. The van der Waals surface area contributed by atoms with Gasteiger partial charge in [0.25, 0.3) is 0 Å². The summed E-state index contributed by atoms with van der Waals surface area (Å²) >= 11 is 0. The molecule has 6 heteroatoms. The number of aliphatic hydroxyl groups excluding tert-OH is 1. The quantitative estimate of drug-likeness (QED) is 0.183. The maximum absolute atomic E-state index is 11.1. The Kier molecular flexibility index (Phi) is 23.4. The van der Waals surface area contributed by atoms with Crippen LogP contribution in [0.2, 0.25) is 0 Å². The molecule has 0 aliphatic carbocycles. The van der Waals surface area contributed by atoms with Crippen LogP contribution in [0.3, 0.4) is 0 Å². The molecule has 0 saturated heterocycles. The van der Waals surface area contributed by atoms with Crippen molar-refractivity contribution in [2.45, 2.75) is 141 Å². The summed E-state index contributed by atoms with van der Waals surface area (Å²) in [4.78, 5) is 0. The second-order valence-corrected chi connectivity index (χ2v) is 9.81. The zero-order valence-corrected chi connectivity index (χ0v) is 21.8. The monoisotopic (exact) mass is 428 g/mol. The van der Waals surface area contributed by atoms with Crippen LogP contribution in [0.15, 0.2) is 0 Å². The van der Waals surface area contributed by atoms with Crippen molar-refractivity contribution in [2.75, 3.05) is 0 Å². The Labute approximate surface area is 197 Å². The Morgan fingerprint density at radius 2 is 0.964 bits per heavy atom. The Morgan fingerprint density at radius 3 is 1.21 bits per heavy atom. The van der Waals surface area contributed by atoms with Crippen molar-refractivity contribution >= 4 is 10.1 Å². The molecule has 0 rings (SSSR count). The maximum Gasteiger partial charge on any atom is 1.00 e. The number of aliphatic hydroxyl groups is 1. The second kappa shape index (κ2) is 21.1. The molecule has 0 aromatic rings. The van der Waals surface area contributed by atoms with E-state index >= 15 is 0 Å². The van der Waals surface area contributed by atoms with Crippen LogP contribution in [0.25, 0.3) is 0 Å². The van der Waals surface area contributed by atoms with Gasteiger partial charge in [-0.1, -0.05) is 116 Å². The van der Waals surface area contributed by atoms with Crippen molar-refractivity contribution in [1.29, 1.82) is 0 Å². The Balaban J connectivity index is 0. The molecule has 0 aliphatic heterocycles. The normalized spacial score (nSPS) is 13.9. The van der Waals surface area contributed by atoms with Crippen molar-refractivity contribution in [3.63, 3.8) is 0 Å². The van der Waals surface area contributed by atoms with Gasteiger partial charge >= 0.3 is 29.6 Å². The fourth-order valence-corrected chi connectivity index (χ4v) is 4.63. The molecular weight excluding hydrogens is 383 g/mol. The summed E-state index contributed by atoms with van der Waals surface area (Å²) in [6.07, 6.45) is 20.9. The Bertz CT molecular complexity index is 413. The van der Waals surface area contributed by atoms with Crippen LogP contribution < -0.4 is 29.6 Å². The van der Waals surface area contributed by atoms with Gasteiger partial charge in [0, 0.05) is 0 Å². The van der Waals surface area contributed by atoms with Gasteiger partial charge in [0.2, 0.25) is 0 Å². The van der Waals surface area contributed by atoms with Crippen molar-refractivity contribution in [2.24, 2.45) is 0 Å². The van der Waals surface area contributed by atoms with Crippen molar-refractivity contribution in [3.05, 3.63) is 0 Å². The summed E-state index contributed by atoms with van der Waals surface area (Å²) in [5.41, 5.74) is 0. The molecule has 0 aromatic carbocycles. The van der Waals surface area contributed by atoms with Crippen LogP contribution in [0, 0.1) is 0 Å². The van der Waals surface area contributed by atoms with E-state index in [9.17, 15) is 18.1 Å². The van der Waals surface area contributed by atoms with Crippen molar-refractivity contribution in [1.82, 2.24) is 0 Å². The zero-order chi connectivity index (χ0) is 20.4. The summed E-state index contributed by atoms with van der Waals surface area (Å²) in [5.74, 6) is 0. The van der Waals surface area contributed by atoms with Crippen LogP contribution in [0.1, 0.15) is 129 Å². The van der Waals surface area contributed by atoms with Gasteiger partial charge in [-0.15, -0.1) is 0 Å². The first-order valence-corrected chi connectivity index (χ1v) is 13.0. The molecule has 2 atom stereocenters. The third-order valence-electron chi connectivity index (χ3n) is 5.50. The van der Waals surface area contributed by atoms with Crippen LogP contribution in [-0.2, 0) is 10.1 Å². The molecule has 0 saturated carbocycles. The van der Waals surface area contributed by atoms with E-state index in [2.05, 4.69) is 6.92 Å². The van der Waals surface area contributed by atoms with E-state index in [0.717, 1.165) is 12.8 Å². The van der Waals surface area contributed by atoms with Crippen LogP contribution >= 0.6 is 0 Å². The number of unbranched alkanes of at least 4 members (excludes halogenated alkanes) is 16. The molecule has 4 nitrogen and oxygen atoms in total. The van der Waals surface area contributed by atoms with Crippen molar-refractivity contribution < 1.29 is 47.6 Å². The summed E-state index contributed by atoms with van der Waals surface area (Å²) < 4.78 is 33.2. The van der Waals surface area contributed by atoms with E-state index in [0.29, 0.717) is 6.42 Å². The number of hydrogen-bond acceptors (Lipinski definition) is 4. The van der Waals surface area contributed by atoms with E-state index in [1.807, 2.05) is 0 Å². The maximum atomic E-state index is 11.1. The second-order valence-electron chi connectivity index (χ2n) is 8.22. The summed E-state index contributed by atoms with van der Waals surface area (Å²) in [6, 6.07) is 0. The molecule has 0 aromatic heterocycles. The molecule has 0 spiro atoms. The topological polar surface area (TPSA) is 77.4 Å². The first kappa shape index (κ1) is 31.1. The van der Waals surface area contributed by atoms with Crippen LogP contribution in [0.5, 0.6) is 0 Å². The van der Waals surface area contributed by atoms with Crippen LogP contribution in [-0.4, -0.2) is 29.4 Å². The minimum Gasteiger partial charge on any atom is -0.748 e. The molecule has 0 fully saturated rings. The zero-order valence-electron chi connectivity index (χ0n) is 19.0. The molecule has 1 N–H and O–H groups in total. The average molecular weight is 429 g/mol. The molecule has 28 heavy (non-hydrogen) atoms. The molecule has 0 bridgehead atoms. The van der Waals surface area contributed by atoms with Gasteiger partial charge in [-0.05, 0) is 13.3 Å². The van der Waals surface area contributed by atoms with Gasteiger partial charge in [0.1, 0.15) is 10.1 Å². The van der Waals surface area contributed by atoms with Gasteiger partial charge < -0.3 is 9.66 Å². The molecule has 164 valence electrons. The minimum absolute atomic E-state index is 0. The predicted molar refractivity (Wildman–Crippen MR) is 114 cm³/mol. The van der Waals surface area contributed by atoms with Gasteiger partial charge in [-0.2, -0.15) is 0 Å². The first-order valence-electron chi connectivity index (χ1n) is 11.5. The van der Waals surface area contributed by atoms with Crippen molar-refractivity contribution in [3.8, 4) is 0 Å². The van der Waals surface area contributed by atoms with Gasteiger partial charge in [0.05, 0.1) is 11.4 Å². The third kappa shape index (κ3) is 20.2. The Hall–Kier alpha value is 0.870. The third-order valence-corrected chi connectivity index (χ3v) is 6.87. The molecule has 0 heterocycles. The Morgan fingerprint density at radius 1 is 0.679 bits per heavy atom. The van der Waals surface area contributed by atoms with Gasteiger partial charge in [0.15, 0.2) is 0 Å². The van der Waals surface area contributed by atoms with E-state index < -0.39 is 21.5 Å². The van der Waals surface area contributed by atoms with Gasteiger partial charge in [-0.3, -0.25) is 0 Å². The summed E-state index contributed by atoms with van der Waals surface area (Å²) in [7, 11) is -4.39. The summed E-state index contributed by atoms with van der Waals surface area (Å²) in [5, 5.41) is 8.26. The average Bonchev–Trinajstić information content (AvgIpc) is 2.59. The minimum atomic E-state index is -4.39. The molecule has 0 amide bonds. The fraction of sp³-hybridized carbons (Fsp3) is 1.00. The van der Waals surface area contributed by atoms with E-state index in [4.69, 9.17) is 0 Å². The van der Waals surface area contributed by atoms with Gasteiger partial charge in [-0.25, -0.2) is 8.42 Å². The van der Waals surface area contributed by atoms with E-state index in [1.165, 1.54) is 96.8 Å². The first-order chi connectivity index (χ1) is 12.9. The molecular formula is C22H45NaO4S. The number of rotatable bonds is 20. The van der Waals surface area contributed by atoms with E-state index in [-0.39, 0.29) is 36.0 Å². The standard InChI is InChI=1S/C22H46O4S.Na/c1-3-4-5-6-7-8-9-10-11-12-13-14-15-16-17-18-19-20-22(21(2)23)27(24,25)26;/h21-23H,3-20H2,1-2H3,(H,24,25,26);/q;+1/p-1. The SMILES string of the molecule is CCCCCCCCCCCCCCCCCCCC(C(C)O)S(=O)(=O)[O-].[Na+]. The van der Waals surface area contributed by atoms with E-state index in [1.54, 1.807) is 0 Å². The number of hydrogen-bond donors (Lipinski definition) is 1. The van der Waals surface area contributed by atoms with Crippen LogP contribution in [0.4, 0.5) is 0 Å². The fourth-order valence-electron chi connectivity index (χ4n) is 3.70.